The lowest BCUT2D eigenvalue weighted by Gasteiger charge is -2.09. The molecule has 0 atom stereocenters. The normalized spacial score (nSPS) is 11.2. The van der Waals surface area contributed by atoms with Crippen LogP contribution in [0.2, 0.25) is 0 Å². The van der Waals surface area contributed by atoms with Crippen LogP contribution < -0.4 is 5.56 Å². The highest BCUT2D eigenvalue weighted by molar-refractivity contribution is 6.16. The van der Waals surface area contributed by atoms with E-state index in [1.165, 1.54) is 30.0 Å². The van der Waals surface area contributed by atoms with Crippen LogP contribution in [-0.4, -0.2) is 27.2 Å². The summed E-state index contributed by atoms with van der Waals surface area (Å²) in [7, 11) is 2.96. The topological polar surface area (TPSA) is 66.1 Å². The zero-order valence-corrected chi connectivity index (χ0v) is 14.1. The Hall–Kier alpha value is -3.48. The minimum Gasteiger partial charge on any atom is -0.465 e. The Bertz CT molecular complexity index is 1230. The first kappa shape index (κ1) is 16.0. The van der Waals surface area contributed by atoms with E-state index in [1.807, 2.05) is 0 Å². The van der Waals surface area contributed by atoms with E-state index in [0.29, 0.717) is 22.1 Å². The molecule has 0 aliphatic rings. The quantitative estimate of drug-likeness (QED) is 0.521. The number of pyridine rings is 2. The highest BCUT2D eigenvalue weighted by Gasteiger charge is 2.22. The van der Waals surface area contributed by atoms with Crippen LogP contribution in [0.25, 0.3) is 27.6 Å². The molecule has 0 saturated heterocycles. The molecular weight excluding hydrogens is 337 g/mol. The van der Waals surface area contributed by atoms with E-state index < -0.39 is 11.8 Å². The third-order valence-corrected chi connectivity index (χ3v) is 4.41. The third kappa shape index (κ3) is 2.21. The number of hydrogen-bond donors (Lipinski definition) is 0. The van der Waals surface area contributed by atoms with Crippen LogP contribution in [0.3, 0.4) is 0 Å². The van der Waals surface area contributed by atoms with Gasteiger partial charge < -0.3 is 9.30 Å². The number of aromatic nitrogens is 3. The molecule has 130 valence electrons. The first-order chi connectivity index (χ1) is 12.5. The second kappa shape index (κ2) is 5.80. The number of methoxy groups -OCH3 is 1. The number of ether oxygens (including phenoxy) is 1. The van der Waals surface area contributed by atoms with Crippen LogP contribution in [0.5, 0.6) is 0 Å². The molecule has 0 saturated carbocycles. The van der Waals surface area contributed by atoms with Gasteiger partial charge in [0.05, 0.1) is 12.7 Å². The van der Waals surface area contributed by atoms with E-state index in [9.17, 15) is 14.0 Å². The number of benzene rings is 1. The summed E-state index contributed by atoms with van der Waals surface area (Å²) in [5, 5.41) is 0.846. The number of carbonyl (C=O) groups excluding carboxylic acids is 1. The Kier molecular flexibility index (Phi) is 3.57. The lowest BCUT2D eigenvalue weighted by Crippen LogP contribution is -2.22. The molecule has 0 bridgehead atoms. The molecule has 0 radical (unpaired) electrons. The van der Waals surface area contributed by atoms with Crippen LogP contribution in [0.1, 0.15) is 10.4 Å². The van der Waals surface area contributed by atoms with Gasteiger partial charge in [0.2, 0.25) is 0 Å². The molecule has 3 heterocycles. The molecule has 1 aromatic carbocycles. The molecule has 0 aliphatic heterocycles. The van der Waals surface area contributed by atoms with E-state index in [1.54, 1.807) is 42.1 Å². The first-order valence-electron chi connectivity index (χ1n) is 7.86. The van der Waals surface area contributed by atoms with Crippen molar-refractivity contribution in [1.82, 2.24) is 14.1 Å². The molecule has 4 rings (SSSR count). The Morgan fingerprint density at radius 3 is 2.73 bits per heavy atom. The first-order valence-corrected chi connectivity index (χ1v) is 7.86. The number of carbonyl (C=O) groups is 1. The SMILES string of the molecule is COC(=O)c1cn(-c2ccccn2)c(=O)c2c1c1cc(F)ccc1n2C. The van der Waals surface area contributed by atoms with Crippen LogP contribution in [0.4, 0.5) is 4.39 Å². The van der Waals surface area contributed by atoms with Gasteiger partial charge in [0, 0.05) is 35.7 Å². The summed E-state index contributed by atoms with van der Waals surface area (Å²) in [5.74, 6) is -0.688. The van der Waals surface area contributed by atoms with Crippen LogP contribution in [-0.2, 0) is 11.8 Å². The maximum absolute atomic E-state index is 13.8. The predicted molar refractivity (Wildman–Crippen MR) is 95.1 cm³/mol. The number of fused-ring (bicyclic) bond motifs is 3. The summed E-state index contributed by atoms with van der Waals surface area (Å²) in [6.45, 7) is 0. The van der Waals surface area contributed by atoms with Crippen molar-refractivity contribution in [1.29, 1.82) is 0 Å². The van der Waals surface area contributed by atoms with Crippen molar-refractivity contribution in [2.45, 2.75) is 0 Å². The average Bonchev–Trinajstić information content (AvgIpc) is 2.95. The molecule has 0 N–H and O–H groups in total. The summed E-state index contributed by atoms with van der Waals surface area (Å²) < 4.78 is 21.6. The standard InChI is InChI=1S/C19H14FN3O3/c1-22-14-7-6-11(20)9-12(14)16-13(19(25)26-2)10-23(18(24)17(16)22)15-5-3-4-8-21-15/h3-10H,1-2H3. The Balaban J connectivity index is 2.24. The minimum atomic E-state index is -0.614. The van der Waals surface area contributed by atoms with Gasteiger partial charge >= 0.3 is 5.97 Å². The minimum absolute atomic E-state index is 0.170. The third-order valence-electron chi connectivity index (χ3n) is 4.41. The van der Waals surface area contributed by atoms with Gasteiger partial charge in [-0.25, -0.2) is 14.2 Å². The van der Waals surface area contributed by atoms with Gasteiger partial charge in [-0.05, 0) is 30.3 Å². The van der Waals surface area contributed by atoms with Crippen molar-refractivity contribution in [3.05, 3.63) is 70.5 Å². The van der Waals surface area contributed by atoms with Crippen molar-refractivity contribution in [2.75, 3.05) is 7.11 Å². The molecule has 7 heteroatoms. The van der Waals surface area contributed by atoms with Gasteiger partial charge in [-0.3, -0.25) is 9.36 Å². The molecular formula is C19H14FN3O3. The van der Waals surface area contributed by atoms with Crippen molar-refractivity contribution in [3.63, 3.8) is 0 Å². The fourth-order valence-corrected chi connectivity index (χ4v) is 3.24. The fourth-order valence-electron chi connectivity index (χ4n) is 3.24. The lowest BCUT2D eigenvalue weighted by molar-refractivity contribution is 0.0602. The van der Waals surface area contributed by atoms with Gasteiger partial charge in [0.25, 0.3) is 5.56 Å². The maximum atomic E-state index is 13.8. The number of rotatable bonds is 2. The second-order valence-corrected chi connectivity index (χ2v) is 5.84. The Labute approximate surface area is 147 Å². The number of aryl methyl sites for hydroxylation is 1. The lowest BCUT2D eigenvalue weighted by atomic mass is 10.1. The smallest absolute Gasteiger partial charge is 0.340 e. The largest absolute Gasteiger partial charge is 0.465 e. The number of nitrogens with zero attached hydrogens (tertiary/aromatic N) is 3. The summed E-state index contributed by atoms with van der Waals surface area (Å²) in [4.78, 5) is 29.7. The number of halogens is 1. The summed E-state index contributed by atoms with van der Waals surface area (Å²) >= 11 is 0. The number of hydrogen-bond acceptors (Lipinski definition) is 4. The van der Waals surface area contributed by atoms with E-state index in [4.69, 9.17) is 4.74 Å². The van der Waals surface area contributed by atoms with E-state index in [-0.39, 0.29) is 16.6 Å². The van der Waals surface area contributed by atoms with Gasteiger partial charge in [0.1, 0.15) is 17.2 Å². The fraction of sp³-hybridized carbons (Fsp3) is 0.105. The summed E-state index contributed by atoms with van der Waals surface area (Å²) in [6.07, 6.45) is 2.95. The Morgan fingerprint density at radius 2 is 2.04 bits per heavy atom. The molecule has 4 aromatic rings. The van der Waals surface area contributed by atoms with Gasteiger partial charge in [-0.2, -0.15) is 0 Å². The van der Waals surface area contributed by atoms with Crippen LogP contribution in [0, 0.1) is 5.82 Å². The predicted octanol–water partition coefficient (Wildman–Crippen LogP) is 2.80. The van der Waals surface area contributed by atoms with Gasteiger partial charge in [0.15, 0.2) is 0 Å². The zero-order valence-electron chi connectivity index (χ0n) is 14.1. The highest BCUT2D eigenvalue weighted by atomic mass is 19.1. The van der Waals surface area contributed by atoms with E-state index in [2.05, 4.69) is 4.98 Å². The molecule has 0 amide bonds. The molecule has 0 aliphatic carbocycles. The monoisotopic (exact) mass is 351 g/mol. The molecule has 0 spiro atoms. The average molecular weight is 351 g/mol. The zero-order chi connectivity index (χ0) is 18.4. The molecule has 0 fully saturated rings. The van der Waals surface area contributed by atoms with Crippen molar-refractivity contribution < 1.29 is 13.9 Å². The Morgan fingerprint density at radius 1 is 1.23 bits per heavy atom. The van der Waals surface area contributed by atoms with E-state index >= 15 is 0 Å². The van der Waals surface area contributed by atoms with Crippen LogP contribution in [0.15, 0.2) is 53.6 Å². The van der Waals surface area contributed by atoms with Crippen molar-refractivity contribution >= 4 is 27.8 Å². The highest BCUT2D eigenvalue weighted by Crippen LogP contribution is 2.30. The maximum Gasteiger partial charge on any atom is 0.340 e. The van der Waals surface area contributed by atoms with Crippen molar-refractivity contribution in [3.8, 4) is 5.82 Å². The van der Waals surface area contributed by atoms with E-state index in [0.717, 1.165) is 0 Å². The van der Waals surface area contributed by atoms with Crippen molar-refractivity contribution in [2.24, 2.45) is 7.05 Å². The molecule has 0 unspecified atom stereocenters. The summed E-state index contributed by atoms with van der Waals surface area (Å²) in [5.41, 5.74) is 0.732. The molecule has 6 nitrogen and oxygen atoms in total. The van der Waals surface area contributed by atoms with Gasteiger partial charge in [-0.1, -0.05) is 6.07 Å². The van der Waals surface area contributed by atoms with Crippen LogP contribution >= 0.6 is 0 Å². The van der Waals surface area contributed by atoms with Gasteiger partial charge in [-0.15, -0.1) is 0 Å². The molecule has 3 aromatic heterocycles. The summed E-state index contributed by atoms with van der Waals surface area (Å²) in [6, 6.07) is 9.35. The molecule has 26 heavy (non-hydrogen) atoms. The number of esters is 1. The second-order valence-electron chi connectivity index (χ2n) is 5.84.